The largest absolute Gasteiger partial charge is 0.352 e. The maximum atomic E-state index is 12.5. The van der Waals surface area contributed by atoms with E-state index in [9.17, 15) is 13.2 Å². The summed E-state index contributed by atoms with van der Waals surface area (Å²) >= 11 is 0. The summed E-state index contributed by atoms with van der Waals surface area (Å²) in [6, 6.07) is 15.3. The lowest BCUT2D eigenvalue weighted by Gasteiger charge is -2.22. The van der Waals surface area contributed by atoms with Crippen molar-refractivity contribution in [3.8, 4) is 0 Å². The van der Waals surface area contributed by atoms with Crippen LogP contribution in [0.2, 0.25) is 0 Å². The fraction of sp³-hybridized carbons (Fsp3) is 0.316. The quantitative estimate of drug-likeness (QED) is 0.724. The fourth-order valence-electron chi connectivity index (χ4n) is 2.99. The van der Waals surface area contributed by atoms with E-state index in [1.54, 1.807) is 42.5 Å². The van der Waals surface area contributed by atoms with Gasteiger partial charge in [0.25, 0.3) is 10.0 Å². The minimum absolute atomic E-state index is 0.0180. The van der Waals surface area contributed by atoms with Gasteiger partial charge in [0, 0.05) is 12.5 Å². The fourth-order valence-corrected chi connectivity index (χ4v) is 4.11. The Morgan fingerprint density at radius 2 is 1.65 bits per heavy atom. The van der Waals surface area contributed by atoms with Crippen LogP contribution in [-0.2, 0) is 21.4 Å². The van der Waals surface area contributed by atoms with Gasteiger partial charge in [0.1, 0.15) is 0 Å². The molecule has 1 saturated heterocycles. The minimum Gasteiger partial charge on any atom is -0.352 e. The zero-order valence-corrected chi connectivity index (χ0v) is 15.3. The second-order valence-corrected chi connectivity index (χ2v) is 8.00. The molecular formula is C19H23N3O3S. The van der Waals surface area contributed by atoms with E-state index >= 15 is 0 Å². The number of hydrogen-bond acceptors (Lipinski definition) is 4. The van der Waals surface area contributed by atoms with E-state index in [2.05, 4.69) is 15.4 Å². The van der Waals surface area contributed by atoms with Crippen LogP contribution in [0.25, 0.3) is 0 Å². The molecule has 6 nitrogen and oxygen atoms in total. The van der Waals surface area contributed by atoms with Crippen LogP contribution >= 0.6 is 0 Å². The first-order valence-corrected chi connectivity index (χ1v) is 10.2. The second kappa shape index (κ2) is 8.33. The van der Waals surface area contributed by atoms with Gasteiger partial charge in [-0.25, -0.2) is 8.42 Å². The number of benzene rings is 2. The topological polar surface area (TPSA) is 87.3 Å². The average molecular weight is 373 g/mol. The van der Waals surface area contributed by atoms with Gasteiger partial charge in [-0.1, -0.05) is 36.4 Å². The number of piperidine rings is 1. The molecule has 1 aliphatic rings. The van der Waals surface area contributed by atoms with Crippen molar-refractivity contribution < 1.29 is 13.2 Å². The number of sulfonamides is 1. The molecule has 0 aromatic heterocycles. The molecule has 26 heavy (non-hydrogen) atoms. The van der Waals surface area contributed by atoms with Crippen LogP contribution in [0.4, 0.5) is 5.69 Å². The predicted octanol–water partition coefficient (Wildman–Crippen LogP) is 2.10. The number of carbonyl (C=O) groups excluding carboxylic acids is 1. The lowest BCUT2D eigenvalue weighted by molar-refractivity contribution is -0.125. The summed E-state index contributed by atoms with van der Waals surface area (Å²) in [5.74, 6) is 0.0386. The third kappa shape index (κ3) is 4.62. The number of amides is 1. The standard InChI is InChI=1S/C19H23N3O3S/c23-19(15-10-12-20-13-11-15)21-14-16-6-4-5-9-18(16)22-26(24,25)17-7-2-1-3-8-17/h1-9,15,20,22H,10-14H2,(H,21,23). The van der Waals surface area contributed by atoms with E-state index in [0.29, 0.717) is 5.69 Å². The van der Waals surface area contributed by atoms with Crippen LogP contribution in [-0.4, -0.2) is 27.4 Å². The molecule has 0 aliphatic carbocycles. The number of rotatable bonds is 6. The van der Waals surface area contributed by atoms with Crippen LogP contribution in [0.3, 0.4) is 0 Å². The van der Waals surface area contributed by atoms with Crippen molar-refractivity contribution in [1.82, 2.24) is 10.6 Å². The number of carbonyl (C=O) groups is 1. The molecule has 0 bridgehead atoms. The van der Waals surface area contributed by atoms with Crippen molar-refractivity contribution in [2.24, 2.45) is 5.92 Å². The monoisotopic (exact) mass is 373 g/mol. The number of para-hydroxylation sites is 1. The lowest BCUT2D eigenvalue weighted by Crippen LogP contribution is -2.38. The van der Waals surface area contributed by atoms with E-state index in [1.165, 1.54) is 0 Å². The summed E-state index contributed by atoms with van der Waals surface area (Å²) < 4.78 is 27.7. The van der Waals surface area contributed by atoms with Crippen molar-refractivity contribution in [1.29, 1.82) is 0 Å². The van der Waals surface area contributed by atoms with Crippen molar-refractivity contribution >= 4 is 21.6 Å². The molecule has 1 amide bonds. The molecule has 0 radical (unpaired) electrons. The van der Waals surface area contributed by atoms with Crippen LogP contribution < -0.4 is 15.4 Å². The highest BCUT2D eigenvalue weighted by Gasteiger charge is 2.21. The van der Waals surface area contributed by atoms with Gasteiger partial charge in [0.05, 0.1) is 10.6 Å². The molecule has 0 unspecified atom stereocenters. The van der Waals surface area contributed by atoms with Crippen molar-refractivity contribution in [2.75, 3.05) is 17.8 Å². The maximum absolute atomic E-state index is 12.5. The molecule has 0 saturated carbocycles. The molecule has 2 aromatic carbocycles. The third-order valence-electron chi connectivity index (χ3n) is 4.48. The summed E-state index contributed by atoms with van der Waals surface area (Å²) in [6.07, 6.45) is 1.65. The first kappa shape index (κ1) is 18.4. The van der Waals surface area contributed by atoms with Gasteiger partial charge in [0.2, 0.25) is 5.91 Å². The smallest absolute Gasteiger partial charge is 0.261 e. The average Bonchev–Trinajstić information content (AvgIpc) is 2.68. The normalized spacial score (nSPS) is 15.4. The summed E-state index contributed by atoms with van der Waals surface area (Å²) in [5.41, 5.74) is 1.20. The highest BCUT2D eigenvalue weighted by molar-refractivity contribution is 7.92. The summed E-state index contributed by atoms with van der Waals surface area (Å²) in [6.45, 7) is 1.99. The van der Waals surface area contributed by atoms with Gasteiger partial charge in [-0.15, -0.1) is 0 Å². The van der Waals surface area contributed by atoms with Crippen molar-refractivity contribution in [3.63, 3.8) is 0 Å². The molecule has 3 rings (SSSR count). The number of anilines is 1. The zero-order chi connectivity index (χ0) is 18.4. The Morgan fingerprint density at radius 1 is 1.00 bits per heavy atom. The molecule has 3 N–H and O–H groups in total. The highest BCUT2D eigenvalue weighted by atomic mass is 32.2. The Bertz CT molecular complexity index is 847. The van der Waals surface area contributed by atoms with E-state index in [4.69, 9.17) is 0 Å². The summed E-state index contributed by atoms with van der Waals surface area (Å²) in [4.78, 5) is 12.5. The van der Waals surface area contributed by atoms with Crippen LogP contribution in [0.15, 0.2) is 59.5 Å². The molecule has 2 aromatic rings. The van der Waals surface area contributed by atoms with Gasteiger partial charge in [-0.2, -0.15) is 0 Å². The zero-order valence-electron chi connectivity index (χ0n) is 14.4. The Labute approximate surface area is 154 Å². The SMILES string of the molecule is O=C(NCc1ccccc1NS(=O)(=O)c1ccccc1)C1CCNCC1. The minimum atomic E-state index is -3.67. The van der Waals surface area contributed by atoms with Gasteiger partial charge >= 0.3 is 0 Å². The van der Waals surface area contributed by atoms with E-state index in [0.717, 1.165) is 31.5 Å². The van der Waals surface area contributed by atoms with Crippen LogP contribution in [0.5, 0.6) is 0 Å². The molecule has 1 aliphatic heterocycles. The van der Waals surface area contributed by atoms with Gasteiger partial charge in [-0.05, 0) is 49.7 Å². The molecular weight excluding hydrogens is 350 g/mol. The number of hydrogen-bond donors (Lipinski definition) is 3. The number of nitrogens with one attached hydrogen (secondary N) is 3. The first-order chi connectivity index (χ1) is 12.6. The molecule has 7 heteroatoms. The predicted molar refractivity (Wildman–Crippen MR) is 101 cm³/mol. The lowest BCUT2D eigenvalue weighted by atomic mass is 9.97. The van der Waals surface area contributed by atoms with Crippen molar-refractivity contribution in [2.45, 2.75) is 24.3 Å². The van der Waals surface area contributed by atoms with Gasteiger partial charge < -0.3 is 10.6 Å². The Morgan fingerprint density at radius 3 is 2.38 bits per heavy atom. The molecule has 0 spiro atoms. The Hall–Kier alpha value is -2.38. The van der Waals surface area contributed by atoms with Crippen molar-refractivity contribution in [3.05, 3.63) is 60.2 Å². The first-order valence-electron chi connectivity index (χ1n) is 8.70. The third-order valence-corrected chi connectivity index (χ3v) is 5.86. The van der Waals surface area contributed by atoms with Gasteiger partial charge in [0.15, 0.2) is 0 Å². The Balaban J connectivity index is 1.69. The molecule has 0 atom stereocenters. The molecule has 1 fully saturated rings. The Kier molecular flexibility index (Phi) is 5.90. The van der Waals surface area contributed by atoms with E-state index < -0.39 is 10.0 Å². The summed E-state index contributed by atoms with van der Waals surface area (Å²) in [5, 5.41) is 6.17. The van der Waals surface area contributed by atoms with Gasteiger partial charge in [-0.3, -0.25) is 9.52 Å². The van der Waals surface area contributed by atoms with E-state index in [1.807, 2.05) is 12.1 Å². The maximum Gasteiger partial charge on any atom is 0.261 e. The van der Waals surface area contributed by atoms with E-state index in [-0.39, 0.29) is 23.3 Å². The summed E-state index contributed by atoms with van der Waals surface area (Å²) in [7, 11) is -3.67. The molecule has 138 valence electrons. The molecule has 1 heterocycles. The van der Waals surface area contributed by atoms with Crippen LogP contribution in [0, 0.1) is 5.92 Å². The second-order valence-electron chi connectivity index (χ2n) is 6.32. The highest BCUT2D eigenvalue weighted by Crippen LogP contribution is 2.20. The van der Waals surface area contributed by atoms with Crippen LogP contribution in [0.1, 0.15) is 18.4 Å².